The van der Waals surface area contributed by atoms with Gasteiger partial charge in [0.2, 0.25) is 5.88 Å². The molecule has 2 unspecified atom stereocenters. The van der Waals surface area contributed by atoms with Gasteiger partial charge in [-0.1, -0.05) is 12.5 Å². The van der Waals surface area contributed by atoms with Crippen LogP contribution < -0.4 is 15.4 Å². The van der Waals surface area contributed by atoms with Crippen molar-refractivity contribution in [1.29, 1.82) is 0 Å². The second kappa shape index (κ2) is 6.75. The van der Waals surface area contributed by atoms with Gasteiger partial charge >= 0.3 is 0 Å². The first-order chi connectivity index (χ1) is 9.30. The summed E-state index contributed by atoms with van der Waals surface area (Å²) in [5, 5.41) is 0. The molecule has 2 rings (SSSR count). The summed E-state index contributed by atoms with van der Waals surface area (Å²) in [4.78, 5) is 6.99. The van der Waals surface area contributed by atoms with E-state index in [1.165, 1.54) is 19.3 Å². The molecule has 0 radical (unpaired) electrons. The average Bonchev–Trinajstić information content (AvgIpc) is 2.89. The maximum atomic E-state index is 5.90. The fourth-order valence-electron chi connectivity index (χ4n) is 3.06. The monoisotopic (exact) mass is 263 g/mol. The molecule has 1 aliphatic rings. The van der Waals surface area contributed by atoms with Crippen LogP contribution in [0.5, 0.6) is 5.88 Å². The van der Waals surface area contributed by atoms with E-state index in [1.807, 2.05) is 19.1 Å². The van der Waals surface area contributed by atoms with Crippen molar-refractivity contribution in [2.75, 3.05) is 24.6 Å². The van der Waals surface area contributed by atoms with E-state index in [0.717, 1.165) is 18.9 Å². The molecule has 4 heteroatoms. The fourth-order valence-corrected chi connectivity index (χ4v) is 3.06. The van der Waals surface area contributed by atoms with Crippen molar-refractivity contribution in [2.45, 2.75) is 39.2 Å². The Bertz CT molecular complexity index is 397. The van der Waals surface area contributed by atoms with Crippen LogP contribution in [0, 0.1) is 5.92 Å². The van der Waals surface area contributed by atoms with Gasteiger partial charge < -0.3 is 15.4 Å². The molecule has 0 aromatic carbocycles. The van der Waals surface area contributed by atoms with E-state index in [0.29, 0.717) is 24.4 Å². The molecule has 106 valence electrons. The predicted octanol–water partition coefficient (Wildman–Crippen LogP) is 2.43. The lowest BCUT2D eigenvalue weighted by molar-refractivity contribution is 0.326. The highest BCUT2D eigenvalue weighted by molar-refractivity contribution is 5.42. The van der Waals surface area contributed by atoms with Crippen LogP contribution in [0.2, 0.25) is 0 Å². The van der Waals surface area contributed by atoms with Crippen LogP contribution in [0.4, 0.5) is 5.82 Å². The normalized spacial score (nSPS) is 22.5. The van der Waals surface area contributed by atoms with Gasteiger partial charge in [-0.15, -0.1) is 0 Å². The van der Waals surface area contributed by atoms with E-state index >= 15 is 0 Å². The highest BCUT2D eigenvalue weighted by atomic mass is 16.5. The van der Waals surface area contributed by atoms with Crippen LogP contribution in [0.3, 0.4) is 0 Å². The summed E-state index contributed by atoms with van der Waals surface area (Å²) in [5.41, 5.74) is 5.90. The second-order valence-electron chi connectivity index (χ2n) is 5.05. The van der Waals surface area contributed by atoms with Crippen molar-refractivity contribution in [3.8, 4) is 5.88 Å². The molecule has 4 nitrogen and oxygen atoms in total. The van der Waals surface area contributed by atoms with Gasteiger partial charge in [0.15, 0.2) is 0 Å². The molecule has 0 spiro atoms. The lowest BCUT2D eigenvalue weighted by atomic mass is 10.0. The summed E-state index contributed by atoms with van der Waals surface area (Å²) in [7, 11) is 0. The molecule has 0 aliphatic heterocycles. The zero-order valence-corrected chi connectivity index (χ0v) is 12.0. The van der Waals surface area contributed by atoms with E-state index in [9.17, 15) is 0 Å². The van der Waals surface area contributed by atoms with E-state index < -0.39 is 0 Å². The Morgan fingerprint density at radius 2 is 2.21 bits per heavy atom. The van der Waals surface area contributed by atoms with E-state index in [2.05, 4.69) is 22.9 Å². The molecule has 1 fully saturated rings. The Morgan fingerprint density at radius 1 is 1.37 bits per heavy atom. The second-order valence-corrected chi connectivity index (χ2v) is 5.05. The van der Waals surface area contributed by atoms with Gasteiger partial charge in [0.1, 0.15) is 5.82 Å². The van der Waals surface area contributed by atoms with Gasteiger partial charge in [-0.2, -0.15) is 4.98 Å². The number of nitrogens with zero attached hydrogens (tertiary/aromatic N) is 2. The van der Waals surface area contributed by atoms with Gasteiger partial charge in [0.25, 0.3) is 0 Å². The standard InChI is InChI=1S/C15H25N3O/c1-3-18(13-8-5-7-12(13)11-16)14-9-6-10-15(17-14)19-4-2/h6,9-10,12-13H,3-5,7-8,11,16H2,1-2H3. The van der Waals surface area contributed by atoms with Crippen molar-refractivity contribution < 1.29 is 4.74 Å². The smallest absolute Gasteiger partial charge is 0.215 e. The lowest BCUT2D eigenvalue weighted by Crippen LogP contribution is -2.40. The number of anilines is 1. The van der Waals surface area contributed by atoms with Crippen LogP contribution in [0.15, 0.2) is 18.2 Å². The SMILES string of the molecule is CCOc1cccc(N(CC)C2CCCC2CN)n1. The van der Waals surface area contributed by atoms with E-state index in [-0.39, 0.29) is 0 Å². The quantitative estimate of drug-likeness (QED) is 0.856. The summed E-state index contributed by atoms with van der Waals surface area (Å²) in [6.07, 6.45) is 3.73. The molecular formula is C15H25N3O. The molecular weight excluding hydrogens is 238 g/mol. The van der Waals surface area contributed by atoms with Gasteiger partial charge in [-0.05, 0) is 45.2 Å². The zero-order chi connectivity index (χ0) is 13.7. The first-order valence-corrected chi connectivity index (χ1v) is 7.36. The maximum Gasteiger partial charge on any atom is 0.215 e. The largest absolute Gasteiger partial charge is 0.478 e. The number of hydrogen-bond donors (Lipinski definition) is 1. The Hall–Kier alpha value is -1.29. The van der Waals surface area contributed by atoms with Crippen LogP contribution >= 0.6 is 0 Å². The van der Waals surface area contributed by atoms with Crippen LogP contribution in [0.25, 0.3) is 0 Å². The highest BCUT2D eigenvalue weighted by Gasteiger charge is 2.31. The molecule has 1 heterocycles. The van der Waals surface area contributed by atoms with Crippen molar-refractivity contribution in [3.63, 3.8) is 0 Å². The molecule has 1 aromatic rings. The number of nitrogens with two attached hydrogens (primary N) is 1. The van der Waals surface area contributed by atoms with Crippen LogP contribution in [-0.2, 0) is 0 Å². The highest BCUT2D eigenvalue weighted by Crippen LogP contribution is 2.32. The summed E-state index contributed by atoms with van der Waals surface area (Å²) in [5.74, 6) is 2.32. The first-order valence-electron chi connectivity index (χ1n) is 7.36. The molecule has 1 aromatic heterocycles. The molecule has 2 atom stereocenters. The Labute approximate surface area is 116 Å². The molecule has 2 N–H and O–H groups in total. The van der Waals surface area contributed by atoms with E-state index in [1.54, 1.807) is 0 Å². The van der Waals surface area contributed by atoms with Gasteiger partial charge in [-0.25, -0.2) is 0 Å². The number of hydrogen-bond acceptors (Lipinski definition) is 4. The maximum absolute atomic E-state index is 5.90. The zero-order valence-electron chi connectivity index (χ0n) is 12.0. The van der Waals surface area contributed by atoms with Crippen molar-refractivity contribution in [3.05, 3.63) is 18.2 Å². The molecule has 1 aliphatic carbocycles. The average molecular weight is 263 g/mol. The summed E-state index contributed by atoms with van der Waals surface area (Å²) in [6.45, 7) is 6.54. The minimum Gasteiger partial charge on any atom is -0.478 e. The Kier molecular flexibility index (Phi) is 5.02. The third kappa shape index (κ3) is 3.18. The van der Waals surface area contributed by atoms with E-state index in [4.69, 9.17) is 10.5 Å². The molecule has 0 amide bonds. The topological polar surface area (TPSA) is 51.4 Å². The van der Waals surface area contributed by atoms with Crippen LogP contribution in [-0.4, -0.2) is 30.7 Å². The van der Waals surface area contributed by atoms with Crippen molar-refractivity contribution in [1.82, 2.24) is 4.98 Å². The van der Waals surface area contributed by atoms with Gasteiger partial charge in [-0.3, -0.25) is 0 Å². The third-order valence-electron chi connectivity index (χ3n) is 3.96. The minimum atomic E-state index is 0.527. The number of aromatic nitrogens is 1. The molecule has 0 bridgehead atoms. The lowest BCUT2D eigenvalue weighted by Gasteiger charge is -2.33. The Balaban J connectivity index is 2.18. The predicted molar refractivity (Wildman–Crippen MR) is 78.6 cm³/mol. The minimum absolute atomic E-state index is 0.527. The van der Waals surface area contributed by atoms with Crippen molar-refractivity contribution >= 4 is 5.82 Å². The van der Waals surface area contributed by atoms with Crippen molar-refractivity contribution in [2.24, 2.45) is 11.7 Å². The molecule has 19 heavy (non-hydrogen) atoms. The number of pyridine rings is 1. The summed E-state index contributed by atoms with van der Waals surface area (Å²) >= 11 is 0. The summed E-state index contributed by atoms with van der Waals surface area (Å²) in [6, 6.07) is 6.52. The van der Waals surface area contributed by atoms with Crippen LogP contribution in [0.1, 0.15) is 33.1 Å². The van der Waals surface area contributed by atoms with Gasteiger partial charge in [0, 0.05) is 18.7 Å². The Morgan fingerprint density at radius 3 is 2.89 bits per heavy atom. The molecule has 1 saturated carbocycles. The first kappa shape index (κ1) is 14.1. The number of ether oxygens (including phenoxy) is 1. The molecule has 0 saturated heterocycles. The van der Waals surface area contributed by atoms with Gasteiger partial charge in [0.05, 0.1) is 6.61 Å². The third-order valence-corrected chi connectivity index (χ3v) is 3.96. The summed E-state index contributed by atoms with van der Waals surface area (Å²) < 4.78 is 5.49. The fraction of sp³-hybridized carbons (Fsp3) is 0.667. The number of rotatable bonds is 6.